The van der Waals surface area contributed by atoms with Gasteiger partial charge in [0.2, 0.25) is 11.7 Å². The van der Waals surface area contributed by atoms with E-state index < -0.39 is 5.66 Å². The maximum absolute atomic E-state index is 6.66. The van der Waals surface area contributed by atoms with Crippen LogP contribution in [0, 0.1) is 6.92 Å². The zero-order valence-corrected chi connectivity index (χ0v) is 17.9. The number of hydrogen-bond donors (Lipinski definition) is 3. The van der Waals surface area contributed by atoms with E-state index in [1.165, 1.54) is 0 Å². The summed E-state index contributed by atoms with van der Waals surface area (Å²) in [5.41, 5.74) is 9.08. The van der Waals surface area contributed by atoms with Gasteiger partial charge in [-0.25, -0.2) is 4.99 Å². The molecule has 0 amide bonds. The maximum atomic E-state index is 6.66. The highest BCUT2D eigenvalue weighted by atomic mass is 16.5. The van der Waals surface area contributed by atoms with Crippen molar-refractivity contribution in [3.63, 3.8) is 0 Å². The molecule has 31 heavy (non-hydrogen) atoms. The summed E-state index contributed by atoms with van der Waals surface area (Å²) in [7, 11) is 4.70. The van der Waals surface area contributed by atoms with Gasteiger partial charge in [0.05, 0.1) is 26.8 Å². The Morgan fingerprint density at radius 1 is 0.968 bits per heavy atom. The smallest absolute Gasteiger partial charge is 0.203 e. The topological polar surface area (TPSA) is 103 Å². The molecular weight excluding hydrogens is 394 g/mol. The molecule has 1 unspecified atom stereocenters. The monoisotopic (exact) mass is 419 g/mol. The van der Waals surface area contributed by atoms with Gasteiger partial charge in [0.25, 0.3) is 0 Å². The molecule has 4 N–H and O–H groups in total. The van der Waals surface area contributed by atoms with Gasteiger partial charge < -0.3 is 24.8 Å². The molecule has 4 rings (SSSR count). The third-order valence-electron chi connectivity index (χ3n) is 5.07. The number of aromatic nitrogens is 1. The van der Waals surface area contributed by atoms with Crippen LogP contribution in [0.3, 0.4) is 0 Å². The van der Waals surface area contributed by atoms with Crippen molar-refractivity contribution in [2.75, 3.05) is 26.6 Å². The van der Waals surface area contributed by atoms with Crippen molar-refractivity contribution in [2.24, 2.45) is 10.7 Å². The Kier molecular flexibility index (Phi) is 5.39. The van der Waals surface area contributed by atoms with Crippen LogP contribution in [0.25, 0.3) is 10.9 Å². The van der Waals surface area contributed by atoms with E-state index in [4.69, 9.17) is 24.9 Å². The first-order chi connectivity index (χ1) is 15.0. The molecule has 1 atom stereocenters. The predicted molar refractivity (Wildman–Crippen MR) is 122 cm³/mol. The van der Waals surface area contributed by atoms with Crippen LogP contribution in [0.4, 0.5) is 5.69 Å². The summed E-state index contributed by atoms with van der Waals surface area (Å²) in [5, 5.41) is 7.33. The molecule has 160 valence electrons. The SMILES string of the molecule is COc1cc(NC2=NC(N)(c3ccc4nc(C)ccc4c3)C=CN2)cc(OC)c1OC. The molecule has 0 bridgehead atoms. The Bertz CT molecular complexity index is 1170. The van der Waals surface area contributed by atoms with E-state index in [1.807, 2.05) is 43.3 Å². The normalized spacial score (nSPS) is 17.6. The summed E-state index contributed by atoms with van der Waals surface area (Å²) in [4.78, 5) is 9.26. The summed E-state index contributed by atoms with van der Waals surface area (Å²) >= 11 is 0. The van der Waals surface area contributed by atoms with E-state index in [0.29, 0.717) is 28.9 Å². The molecule has 1 aliphatic rings. The van der Waals surface area contributed by atoms with E-state index in [9.17, 15) is 0 Å². The van der Waals surface area contributed by atoms with Crippen molar-refractivity contribution in [1.29, 1.82) is 0 Å². The van der Waals surface area contributed by atoms with Crippen molar-refractivity contribution >= 4 is 22.5 Å². The van der Waals surface area contributed by atoms with Crippen molar-refractivity contribution in [3.8, 4) is 17.2 Å². The second-order valence-electron chi connectivity index (χ2n) is 7.16. The molecule has 0 radical (unpaired) electrons. The van der Waals surface area contributed by atoms with Crippen LogP contribution in [0.15, 0.2) is 59.7 Å². The fourth-order valence-electron chi connectivity index (χ4n) is 3.49. The highest BCUT2D eigenvalue weighted by Gasteiger charge is 2.27. The zero-order chi connectivity index (χ0) is 22.0. The Hall–Kier alpha value is -3.78. The summed E-state index contributed by atoms with van der Waals surface area (Å²) in [6.45, 7) is 1.97. The van der Waals surface area contributed by atoms with E-state index in [1.54, 1.807) is 39.7 Å². The number of ether oxygens (including phenoxy) is 3. The first-order valence-electron chi connectivity index (χ1n) is 9.73. The molecule has 0 saturated heterocycles. The molecule has 1 aromatic heterocycles. The molecule has 2 aromatic carbocycles. The van der Waals surface area contributed by atoms with Crippen LogP contribution in [0.2, 0.25) is 0 Å². The number of hydrogen-bond acceptors (Lipinski definition) is 8. The van der Waals surface area contributed by atoms with Gasteiger partial charge in [0.15, 0.2) is 17.2 Å². The van der Waals surface area contributed by atoms with Gasteiger partial charge in [-0.15, -0.1) is 0 Å². The standard InChI is InChI=1S/C23H25N5O3/c1-14-5-6-15-11-16(7-8-18(15)26-14)23(24)9-10-25-22(28-23)27-17-12-19(29-2)21(31-4)20(13-17)30-3/h5-13H,24H2,1-4H3,(H2,25,27,28). The highest BCUT2D eigenvalue weighted by Crippen LogP contribution is 2.40. The van der Waals surface area contributed by atoms with Gasteiger partial charge in [-0.1, -0.05) is 12.1 Å². The molecule has 0 fully saturated rings. The largest absolute Gasteiger partial charge is 0.493 e. The maximum Gasteiger partial charge on any atom is 0.203 e. The van der Waals surface area contributed by atoms with E-state index >= 15 is 0 Å². The second-order valence-corrected chi connectivity index (χ2v) is 7.16. The summed E-state index contributed by atoms with van der Waals surface area (Å²) in [6.07, 6.45) is 3.58. The second kappa shape index (κ2) is 8.16. The van der Waals surface area contributed by atoms with Crippen molar-refractivity contribution < 1.29 is 14.2 Å². The molecule has 0 saturated carbocycles. The molecule has 1 aliphatic heterocycles. The van der Waals surface area contributed by atoms with Crippen molar-refractivity contribution in [3.05, 3.63) is 66.0 Å². The average molecular weight is 419 g/mol. The van der Waals surface area contributed by atoms with Gasteiger partial charge in [0, 0.05) is 35.1 Å². The minimum absolute atomic E-state index is 0.487. The lowest BCUT2D eigenvalue weighted by molar-refractivity contribution is 0.324. The third kappa shape index (κ3) is 3.97. The molecule has 3 aromatic rings. The lowest BCUT2D eigenvalue weighted by Crippen LogP contribution is -2.41. The first-order valence-corrected chi connectivity index (χ1v) is 9.73. The molecule has 0 aliphatic carbocycles. The van der Waals surface area contributed by atoms with Gasteiger partial charge in [-0.3, -0.25) is 10.7 Å². The molecule has 2 heterocycles. The van der Waals surface area contributed by atoms with Gasteiger partial charge in [0.1, 0.15) is 0 Å². The Morgan fingerprint density at radius 3 is 2.39 bits per heavy atom. The van der Waals surface area contributed by atoms with Crippen LogP contribution in [0.1, 0.15) is 11.3 Å². The van der Waals surface area contributed by atoms with Crippen LogP contribution < -0.4 is 30.6 Å². The molecule has 8 heteroatoms. The number of guanidine groups is 1. The molecule has 8 nitrogen and oxygen atoms in total. The Balaban J connectivity index is 1.67. The van der Waals surface area contributed by atoms with Gasteiger partial charge in [-0.05, 0) is 36.8 Å². The van der Waals surface area contributed by atoms with E-state index in [2.05, 4.69) is 15.6 Å². The summed E-state index contributed by atoms with van der Waals surface area (Å²) in [5.74, 6) is 2.07. The lowest BCUT2D eigenvalue weighted by Gasteiger charge is -2.27. The number of nitrogens with two attached hydrogens (primary N) is 1. The third-order valence-corrected chi connectivity index (χ3v) is 5.07. The number of benzene rings is 2. The number of nitrogens with one attached hydrogen (secondary N) is 2. The van der Waals surface area contributed by atoms with Crippen molar-refractivity contribution in [1.82, 2.24) is 10.3 Å². The zero-order valence-electron chi connectivity index (χ0n) is 17.9. The van der Waals surface area contributed by atoms with Crippen molar-refractivity contribution in [2.45, 2.75) is 12.6 Å². The first kappa shape index (κ1) is 20.5. The number of fused-ring (bicyclic) bond motifs is 1. The number of pyridine rings is 1. The number of aliphatic imine (C=N–C) groups is 1. The molecule has 0 spiro atoms. The average Bonchev–Trinajstić information content (AvgIpc) is 2.78. The molecular formula is C23H25N5O3. The summed E-state index contributed by atoms with van der Waals surface area (Å²) in [6, 6.07) is 13.5. The van der Waals surface area contributed by atoms with E-state index in [-0.39, 0.29) is 0 Å². The van der Waals surface area contributed by atoms with Gasteiger partial charge >= 0.3 is 0 Å². The fourth-order valence-corrected chi connectivity index (χ4v) is 3.49. The van der Waals surface area contributed by atoms with Crippen LogP contribution >= 0.6 is 0 Å². The number of methoxy groups -OCH3 is 3. The lowest BCUT2D eigenvalue weighted by atomic mass is 9.98. The minimum atomic E-state index is -1.03. The Morgan fingerprint density at radius 2 is 1.71 bits per heavy atom. The number of rotatable bonds is 5. The quantitative estimate of drug-likeness (QED) is 0.583. The number of anilines is 1. The highest BCUT2D eigenvalue weighted by molar-refractivity contribution is 5.96. The van der Waals surface area contributed by atoms with Crippen LogP contribution in [-0.2, 0) is 5.66 Å². The summed E-state index contributed by atoms with van der Waals surface area (Å²) < 4.78 is 16.2. The number of aryl methyl sites for hydroxylation is 1. The van der Waals surface area contributed by atoms with E-state index in [0.717, 1.165) is 22.2 Å². The Labute approximate surface area is 180 Å². The van der Waals surface area contributed by atoms with Crippen LogP contribution in [0.5, 0.6) is 17.2 Å². The van der Waals surface area contributed by atoms with Gasteiger partial charge in [-0.2, -0.15) is 0 Å². The predicted octanol–water partition coefficient (Wildman–Crippen LogP) is 3.27. The number of nitrogens with zero attached hydrogens (tertiary/aromatic N) is 2. The van der Waals surface area contributed by atoms with Crippen LogP contribution in [-0.4, -0.2) is 32.3 Å². The minimum Gasteiger partial charge on any atom is -0.493 e. The fraction of sp³-hybridized carbons (Fsp3) is 0.217.